The third-order valence-electron chi connectivity index (χ3n) is 9.99. The Labute approximate surface area is 272 Å². The number of hydrogen-bond acceptors (Lipinski definition) is 5. The first-order chi connectivity index (χ1) is 20.7. The van der Waals surface area contributed by atoms with Crippen LogP contribution in [0.25, 0.3) is 0 Å². The highest BCUT2D eigenvalue weighted by molar-refractivity contribution is 5.33. The van der Waals surface area contributed by atoms with E-state index in [0.29, 0.717) is 32.1 Å². The van der Waals surface area contributed by atoms with Crippen molar-refractivity contribution in [3.05, 3.63) is 100 Å². The van der Waals surface area contributed by atoms with E-state index in [1.807, 2.05) is 95.4 Å². The van der Waals surface area contributed by atoms with Crippen LogP contribution in [-0.2, 0) is 4.74 Å². The highest BCUT2D eigenvalue weighted by Gasteiger charge is 2.75. The van der Waals surface area contributed by atoms with Crippen LogP contribution in [0.5, 0.6) is 0 Å². The van der Waals surface area contributed by atoms with Gasteiger partial charge in [0.05, 0.1) is 29.5 Å². The van der Waals surface area contributed by atoms with Crippen molar-refractivity contribution in [3.63, 3.8) is 0 Å². The quantitative estimate of drug-likeness (QED) is 0.113. The van der Waals surface area contributed by atoms with E-state index in [2.05, 4.69) is 39.5 Å². The Morgan fingerprint density at radius 1 is 0.778 bits per heavy atom. The summed E-state index contributed by atoms with van der Waals surface area (Å²) in [6.45, 7) is 20.2. The van der Waals surface area contributed by atoms with E-state index in [1.54, 1.807) is 6.92 Å². The number of aliphatic hydroxyl groups is 4. The number of aliphatic hydroxyl groups excluding tert-OH is 3. The van der Waals surface area contributed by atoms with Gasteiger partial charge in [-0.1, -0.05) is 99.6 Å². The summed E-state index contributed by atoms with van der Waals surface area (Å²) < 4.78 is 6.24. The van der Waals surface area contributed by atoms with Crippen LogP contribution in [0, 0.1) is 10.8 Å². The Balaban J connectivity index is 1.53. The molecule has 248 valence electrons. The summed E-state index contributed by atoms with van der Waals surface area (Å²) in [6, 6.07) is 0. The molecule has 0 spiro atoms. The maximum absolute atomic E-state index is 11.0. The maximum Gasteiger partial charge on any atom is 0.106 e. The average molecular weight is 619 g/mol. The number of rotatable bonds is 10. The molecule has 1 saturated heterocycles. The molecule has 5 heteroatoms. The number of fused-ring (bicyclic) bond motifs is 1. The Morgan fingerprint density at radius 3 is 1.87 bits per heavy atom. The molecule has 0 aromatic heterocycles. The predicted octanol–water partition coefficient (Wildman–Crippen LogP) is 7.91. The monoisotopic (exact) mass is 618 g/mol. The molecule has 45 heavy (non-hydrogen) atoms. The van der Waals surface area contributed by atoms with Gasteiger partial charge in [-0.25, -0.2) is 0 Å². The lowest BCUT2D eigenvalue weighted by Crippen LogP contribution is -2.48. The van der Waals surface area contributed by atoms with Crippen LogP contribution >= 0.6 is 0 Å². The molecule has 2 saturated carbocycles. The minimum Gasteiger partial charge on any atom is -0.393 e. The summed E-state index contributed by atoms with van der Waals surface area (Å²) in [4.78, 5) is 0. The highest BCUT2D eigenvalue weighted by Crippen LogP contribution is 2.67. The van der Waals surface area contributed by atoms with Crippen LogP contribution in [0.4, 0.5) is 0 Å². The maximum atomic E-state index is 11.0. The number of ether oxygens (including phenoxy) is 1. The third kappa shape index (κ3) is 9.07. The largest absolute Gasteiger partial charge is 0.393 e. The zero-order valence-corrected chi connectivity index (χ0v) is 29.3. The van der Waals surface area contributed by atoms with Gasteiger partial charge < -0.3 is 25.2 Å². The minimum absolute atomic E-state index is 0.196. The van der Waals surface area contributed by atoms with Gasteiger partial charge in [0, 0.05) is 24.8 Å². The Hall–Kier alpha value is -2.50. The second kappa shape index (κ2) is 14.1. The van der Waals surface area contributed by atoms with Crippen LogP contribution in [-0.4, -0.2) is 55.5 Å². The SMILES string of the molecule is C\C(C=C=C1C(C)(C)C[C@H](O)C[C@@]1(C)O)=C/C=C/C(C)=C/C=C/C=C(C)/C=C/C=C(\C)C(O)C[C@@]12O[C@]1(C)C[C@@H](O)CC2(C)C. The van der Waals surface area contributed by atoms with Gasteiger partial charge >= 0.3 is 0 Å². The van der Waals surface area contributed by atoms with Gasteiger partial charge in [-0.3, -0.25) is 0 Å². The van der Waals surface area contributed by atoms with Crippen molar-refractivity contribution in [1.82, 2.24) is 0 Å². The van der Waals surface area contributed by atoms with Crippen molar-refractivity contribution in [2.75, 3.05) is 0 Å². The molecular formula is C40H58O5. The number of hydrogen-bond donors (Lipinski definition) is 4. The molecular weight excluding hydrogens is 560 g/mol. The van der Waals surface area contributed by atoms with Crippen molar-refractivity contribution in [3.8, 4) is 0 Å². The van der Waals surface area contributed by atoms with E-state index >= 15 is 0 Å². The van der Waals surface area contributed by atoms with Crippen LogP contribution in [0.15, 0.2) is 100 Å². The molecule has 0 radical (unpaired) electrons. The normalized spacial score (nSPS) is 34.8. The van der Waals surface area contributed by atoms with Crippen LogP contribution in [0.1, 0.15) is 101 Å². The van der Waals surface area contributed by atoms with E-state index in [9.17, 15) is 20.4 Å². The summed E-state index contributed by atoms with van der Waals surface area (Å²) in [6.07, 6.45) is 23.4. The molecule has 3 fully saturated rings. The molecule has 0 amide bonds. The van der Waals surface area contributed by atoms with Gasteiger partial charge in [0.2, 0.25) is 0 Å². The molecule has 0 aromatic rings. The Morgan fingerprint density at radius 2 is 1.31 bits per heavy atom. The second-order valence-corrected chi connectivity index (χ2v) is 15.5. The zero-order chi connectivity index (χ0) is 33.8. The van der Waals surface area contributed by atoms with Gasteiger partial charge in [-0.15, -0.1) is 5.73 Å². The van der Waals surface area contributed by atoms with Crippen molar-refractivity contribution in [1.29, 1.82) is 0 Å². The third-order valence-corrected chi connectivity index (χ3v) is 9.99. The fraction of sp³-hybridized carbons (Fsp3) is 0.575. The first kappa shape index (κ1) is 37.0. The molecule has 5 nitrogen and oxygen atoms in total. The highest BCUT2D eigenvalue weighted by atomic mass is 16.6. The van der Waals surface area contributed by atoms with E-state index < -0.39 is 23.4 Å². The van der Waals surface area contributed by atoms with Gasteiger partial charge in [-0.2, -0.15) is 0 Å². The van der Waals surface area contributed by atoms with Gasteiger partial charge in [0.1, 0.15) is 5.60 Å². The van der Waals surface area contributed by atoms with Gasteiger partial charge in [0.25, 0.3) is 0 Å². The zero-order valence-electron chi connectivity index (χ0n) is 29.3. The first-order valence-corrected chi connectivity index (χ1v) is 16.4. The van der Waals surface area contributed by atoms with Gasteiger partial charge in [-0.05, 0) is 82.4 Å². The lowest BCUT2D eigenvalue weighted by Gasteiger charge is -2.43. The summed E-state index contributed by atoms with van der Waals surface area (Å²) in [7, 11) is 0. The molecule has 1 unspecified atom stereocenters. The second-order valence-electron chi connectivity index (χ2n) is 15.5. The fourth-order valence-corrected chi connectivity index (χ4v) is 7.64. The Kier molecular flexibility index (Phi) is 11.6. The van der Waals surface area contributed by atoms with Crippen molar-refractivity contribution in [2.45, 2.75) is 136 Å². The molecule has 1 heterocycles. The lowest BCUT2D eigenvalue weighted by atomic mass is 9.61. The topological polar surface area (TPSA) is 93.5 Å². The summed E-state index contributed by atoms with van der Waals surface area (Å²) in [5.74, 6) is 0. The molecule has 3 aliphatic rings. The van der Waals surface area contributed by atoms with Crippen LogP contribution in [0.3, 0.4) is 0 Å². The van der Waals surface area contributed by atoms with E-state index in [1.165, 1.54) is 0 Å². The smallest absolute Gasteiger partial charge is 0.106 e. The summed E-state index contributed by atoms with van der Waals surface area (Å²) >= 11 is 0. The van der Waals surface area contributed by atoms with E-state index in [4.69, 9.17) is 4.74 Å². The van der Waals surface area contributed by atoms with Gasteiger partial charge in [0.15, 0.2) is 0 Å². The van der Waals surface area contributed by atoms with Crippen molar-refractivity contribution < 1.29 is 25.2 Å². The van der Waals surface area contributed by atoms with E-state index in [0.717, 1.165) is 27.9 Å². The molecule has 1 aliphatic heterocycles. The lowest BCUT2D eigenvalue weighted by molar-refractivity contribution is -0.0268. The average Bonchev–Trinajstić information content (AvgIpc) is 3.49. The molecule has 3 rings (SSSR count). The van der Waals surface area contributed by atoms with Crippen molar-refractivity contribution in [2.24, 2.45) is 10.8 Å². The molecule has 0 bridgehead atoms. The predicted molar refractivity (Wildman–Crippen MR) is 186 cm³/mol. The number of epoxide rings is 1. The molecule has 6 atom stereocenters. The first-order valence-electron chi connectivity index (χ1n) is 16.4. The summed E-state index contributed by atoms with van der Waals surface area (Å²) in [5, 5.41) is 42.2. The molecule has 4 N–H and O–H groups in total. The standard InChI is InChI=1S/C40H58O5/c1-28(17-13-18-30(3)21-22-35-36(5,6)23-32(41)25-38(35,9)44)15-11-12-16-29(2)19-14-20-31(4)34(43)27-40-37(7,8)24-33(42)26-39(40,10)45-40/h11-21,32-34,41-44H,23-27H2,1-10H3/b12-11+,17-13+,19-14+,28-15+,29-16+,30-18+,31-20+/t22?,32-,33-,34?,38+,39+,40-/m0/s1. The van der Waals surface area contributed by atoms with E-state index in [-0.39, 0.29) is 22.5 Å². The number of allylic oxidation sites excluding steroid dienone is 13. The van der Waals surface area contributed by atoms with Crippen LogP contribution < -0.4 is 0 Å². The minimum atomic E-state index is -1.06. The van der Waals surface area contributed by atoms with Crippen LogP contribution in [0.2, 0.25) is 0 Å². The molecule has 2 aliphatic carbocycles. The Bertz CT molecular complexity index is 1350. The molecule has 0 aromatic carbocycles. The fourth-order valence-electron chi connectivity index (χ4n) is 7.64. The summed E-state index contributed by atoms with van der Waals surface area (Å²) in [5.41, 5.74) is 5.96. The van der Waals surface area contributed by atoms with Crippen molar-refractivity contribution >= 4 is 0 Å².